The van der Waals surface area contributed by atoms with E-state index in [2.05, 4.69) is 20.1 Å². The molecule has 4 rings (SSSR count). The molecule has 26 heavy (non-hydrogen) atoms. The third-order valence-electron chi connectivity index (χ3n) is 4.25. The zero-order chi connectivity index (χ0) is 18.6. The van der Waals surface area contributed by atoms with Gasteiger partial charge in [0.15, 0.2) is 0 Å². The number of ether oxygens (including phenoxy) is 1. The smallest absolute Gasteiger partial charge is 0.374 e. The van der Waals surface area contributed by atoms with E-state index >= 15 is 0 Å². The summed E-state index contributed by atoms with van der Waals surface area (Å²) in [5.41, 5.74) is 3.15. The average molecular weight is 354 g/mol. The largest absolute Gasteiger partial charge is 0.496 e. The van der Waals surface area contributed by atoms with E-state index in [1.807, 2.05) is 13.0 Å². The highest BCUT2D eigenvalue weighted by Gasteiger charge is 2.21. The highest BCUT2D eigenvalue weighted by Crippen LogP contribution is 2.40. The molecular formula is C17H14N4O5. The van der Waals surface area contributed by atoms with Crippen LogP contribution in [-0.2, 0) is 0 Å². The first kappa shape index (κ1) is 15.9. The Morgan fingerprint density at radius 3 is 2.65 bits per heavy atom. The minimum absolute atomic E-state index is 0.225. The van der Waals surface area contributed by atoms with Gasteiger partial charge in [-0.2, -0.15) is 4.98 Å². The molecule has 1 aromatic carbocycles. The average Bonchev–Trinajstić information content (AvgIpc) is 3.12. The lowest BCUT2D eigenvalue weighted by atomic mass is 10.0. The number of benzene rings is 1. The lowest BCUT2D eigenvalue weighted by Gasteiger charge is -2.09. The van der Waals surface area contributed by atoms with Gasteiger partial charge in [-0.1, -0.05) is 5.16 Å². The van der Waals surface area contributed by atoms with E-state index in [1.54, 1.807) is 13.0 Å². The van der Waals surface area contributed by atoms with Crippen LogP contribution in [-0.4, -0.2) is 43.4 Å². The molecule has 3 aromatic heterocycles. The van der Waals surface area contributed by atoms with Crippen molar-refractivity contribution in [1.82, 2.24) is 20.1 Å². The van der Waals surface area contributed by atoms with Crippen molar-refractivity contribution >= 4 is 27.9 Å². The molecule has 3 heterocycles. The lowest BCUT2D eigenvalue weighted by Crippen LogP contribution is -2.03. The third kappa shape index (κ3) is 2.17. The quantitative estimate of drug-likeness (QED) is 0.511. The number of carboxylic acid groups (broad SMARTS) is 1. The topological polar surface area (TPSA) is 134 Å². The summed E-state index contributed by atoms with van der Waals surface area (Å²) in [6.45, 7) is 3.64. The van der Waals surface area contributed by atoms with Crippen molar-refractivity contribution in [2.24, 2.45) is 0 Å². The molecule has 0 radical (unpaired) electrons. The van der Waals surface area contributed by atoms with Crippen LogP contribution in [0.1, 0.15) is 22.1 Å². The van der Waals surface area contributed by atoms with E-state index in [0.717, 1.165) is 11.1 Å². The Bertz CT molecular complexity index is 1170. The molecule has 4 aromatic rings. The number of aromatic nitrogens is 4. The molecule has 0 aliphatic rings. The van der Waals surface area contributed by atoms with Gasteiger partial charge in [0.2, 0.25) is 11.7 Å². The number of hydrogen-bond acceptors (Lipinski definition) is 7. The summed E-state index contributed by atoms with van der Waals surface area (Å²) in [5.74, 6) is -1.03. The maximum Gasteiger partial charge on any atom is 0.374 e. The van der Waals surface area contributed by atoms with Gasteiger partial charge in [-0.15, -0.1) is 0 Å². The number of aromatic carboxylic acids is 1. The first-order valence-electron chi connectivity index (χ1n) is 7.67. The van der Waals surface area contributed by atoms with Gasteiger partial charge < -0.3 is 24.5 Å². The van der Waals surface area contributed by atoms with E-state index in [9.17, 15) is 9.90 Å². The van der Waals surface area contributed by atoms with E-state index in [-0.39, 0.29) is 5.65 Å². The molecule has 0 unspecified atom stereocenters. The summed E-state index contributed by atoms with van der Waals surface area (Å²) >= 11 is 0. The predicted octanol–water partition coefficient (Wildman–Crippen LogP) is 2.80. The SMILES string of the molecule is COc1cc2c(cc1-c1c(C)noc1C)[nH]c1nc(C(=O)O)nc(O)c12. The molecule has 9 nitrogen and oxygen atoms in total. The molecule has 0 amide bonds. The molecular weight excluding hydrogens is 340 g/mol. The Morgan fingerprint density at radius 2 is 2.04 bits per heavy atom. The number of aromatic amines is 1. The second-order valence-corrected chi connectivity index (χ2v) is 5.82. The second-order valence-electron chi connectivity index (χ2n) is 5.82. The maximum atomic E-state index is 11.1. The summed E-state index contributed by atoms with van der Waals surface area (Å²) in [5, 5.41) is 24.2. The second kappa shape index (κ2) is 5.45. The van der Waals surface area contributed by atoms with Gasteiger partial charge in [-0.25, -0.2) is 9.78 Å². The first-order valence-corrected chi connectivity index (χ1v) is 7.67. The van der Waals surface area contributed by atoms with Crippen LogP contribution in [0.5, 0.6) is 11.6 Å². The van der Waals surface area contributed by atoms with Crippen LogP contribution in [0.3, 0.4) is 0 Å². The minimum atomic E-state index is -1.32. The molecule has 3 N–H and O–H groups in total. The Labute approximate surface area is 146 Å². The van der Waals surface area contributed by atoms with Crippen molar-refractivity contribution in [2.45, 2.75) is 13.8 Å². The van der Waals surface area contributed by atoms with Gasteiger partial charge >= 0.3 is 5.97 Å². The number of nitrogens with zero attached hydrogens (tertiary/aromatic N) is 3. The van der Waals surface area contributed by atoms with Crippen molar-refractivity contribution in [2.75, 3.05) is 7.11 Å². The van der Waals surface area contributed by atoms with E-state index in [0.29, 0.717) is 33.5 Å². The molecule has 132 valence electrons. The number of fused-ring (bicyclic) bond motifs is 3. The number of nitrogens with one attached hydrogen (secondary N) is 1. The molecule has 0 aliphatic heterocycles. The van der Waals surface area contributed by atoms with Gasteiger partial charge in [0, 0.05) is 16.5 Å². The Morgan fingerprint density at radius 1 is 1.27 bits per heavy atom. The van der Waals surface area contributed by atoms with Crippen LogP contribution >= 0.6 is 0 Å². The van der Waals surface area contributed by atoms with E-state index < -0.39 is 17.7 Å². The number of hydrogen-bond donors (Lipinski definition) is 3. The van der Waals surface area contributed by atoms with Crippen LogP contribution in [0.15, 0.2) is 16.7 Å². The first-order chi connectivity index (χ1) is 12.4. The van der Waals surface area contributed by atoms with Crippen LogP contribution in [0.4, 0.5) is 0 Å². The minimum Gasteiger partial charge on any atom is -0.496 e. The Balaban J connectivity index is 2.07. The van der Waals surface area contributed by atoms with E-state index in [1.165, 1.54) is 7.11 Å². The van der Waals surface area contributed by atoms with Crippen molar-refractivity contribution in [1.29, 1.82) is 0 Å². The number of aromatic hydroxyl groups is 1. The molecule has 0 aliphatic carbocycles. The van der Waals surface area contributed by atoms with Crippen molar-refractivity contribution in [3.05, 3.63) is 29.4 Å². The summed E-state index contributed by atoms with van der Waals surface area (Å²) in [6, 6.07) is 3.56. The van der Waals surface area contributed by atoms with Crippen LogP contribution in [0.25, 0.3) is 33.1 Å². The Hall–Kier alpha value is -3.62. The molecule has 9 heteroatoms. The van der Waals surface area contributed by atoms with Crippen molar-refractivity contribution in [3.8, 4) is 22.8 Å². The fourth-order valence-corrected chi connectivity index (χ4v) is 3.13. The summed E-state index contributed by atoms with van der Waals surface area (Å²) in [7, 11) is 1.54. The highest BCUT2D eigenvalue weighted by atomic mass is 16.5. The van der Waals surface area contributed by atoms with Gasteiger partial charge in [0.1, 0.15) is 17.2 Å². The zero-order valence-electron chi connectivity index (χ0n) is 14.1. The van der Waals surface area contributed by atoms with Crippen molar-refractivity contribution < 1.29 is 24.3 Å². The number of rotatable bonds is 3. The molecule has 0 bridgehead atoms. The molecule has 0 atom stereocenters. The monoisotopic (exact) mass is 354 g/mol. The number of carboxylic acids is 1. The van der Waals surface area contributed by atoms with Gasteiger partial charge in [-0.05, 0) is 26.0 Å². The number of H-pyrrole nitrogens is 1. The van der Waals surface area contributed by atoms with Crippen molar-refractivity contribution in [3.63, 3.8) is 0 Å². The third-order valence-corrected chi connectivity index (χ3v) is 4.25. The fraction of sp³-hybridized carbons (Fsp3) is 0.176. The van der Waals surface area contributed by atoms with Crippen LogP contribution in [0.2, 0.25) is 0 Å². The highest BCUT2D eigenvalue weighted by molar-refractivity contribution is 6.10. The van der Waals surface area contributed by atoms with Gasteiger partial charge in [0.25, 0.3) is 0 Å². The van der Waals surface area contributed by atoms with Gasteiger partial charge in [0.05, 0.1) is 23.8 Å². The van der Waals surface area contributed by atoms with E-state index in [4.69, 9.17) is 14.4 Å². The Kier molecular flexibility index (Phi) is 3.33. The zero-order valence-corrected chi connectivity index (χ0v) is 14.1. The molecule has 0 saturated carbocycles. The summed E-state index contributed by atoms with van der Waals surface area (Å²) in [6.07, 6.45) is 0. The predicted molar refractivity (Wildman–Crippen MR) is 91.5 cm³/mol. The summed E-state index contributed by atoms with van der Waals surface area (Å²) in [4.78, 5) is 21.7. The fourth-order valence-electron chi connectivity index (χ4n) is 3.13. The number of methoxy groups -OCH3 is 1. The standard InChI is InChI=1S/C17H14N4O5/c1-6-12(7(2)26-21-6)9-4-10-8(5-11(9)25-3)13-14(18-10)19-15(17(23)24)20-16(13)22/h4-5H,1-3H3,(H,23,24)(H2,18,19,20,22). The molecule has 0 saturated heterocycles. The lowest BCUT2D eigenvalue weighted by molar-refractivity contribution is 0.0682. The molecule has 0 spiro atoms. The number of carbonyl (C=O) groups is 1. The van der Waals surface area contributed by atoms with Gasteiger partial charge in [-0.3, -0.25) is 0 Å². The number of aryl methyl sites for hydroxylation is 2. The maximum absolute atomic E-state index is 11.1. The normalized spacial score (nSPS) is 11.3. The summed E-state index contributed by atoms with van der Waals surface area (Å²) < 4.78 is 10.7. The van der Waals surface area contributed by atoms with Crippen LogP contribution < -0.4 is 4.74 Å². The van der Waals surface area contributed by atoms with Crippen LogP contribution in [0, 0.1) is 13.8 Å². The molecule has 0 fully saturated rings.